The second-order valence-corrected chi connectivity index (χ2v) is 7.27. The molecule has 1 heterocycles. The van der Waals surface area contributed by atoms with Crippen LogP contribution in [-0.4, -0.2) is 35.9 Å². The monoisotopic (exact) mass is 301 g/mol. The molecule has 0 atom stereocenters. The lowest BCUT2D eigenvalue weighted by Crippen LogP contribution is -2.42. The molecular formula is C13H16FNO4S. The Labute approximate surface area is 117 Å². The van der Waals surface area contributed by atoms with Gasteiger partial charge in [0.05, 0.1) is 5.56 Å². The van der Waals surface area contributed by atoms with Gasteiger partial charge in [0.25, 0.3) is 0 Å². The fraction of sp³-hybridized carbons (Fsp3) is 0.462. The van der Waals surface area contributed by atoms with Gasteiger partial charge in [-0.1, -0.05) is 0 Å². The fourth-order valence-electron chi connectivity index (χ4n) is 2.49. The maximum absolute atomic E-state index is 13.9. The van der Waals surface area contributed by atoms with Crippen molar-refractivity contribution in [3.63, 3.8) is 0 Å². The van der Waals surface area contributed by atoms with E-state index < -0.39 is 32.2 Å². The van der Waals surface area contributed by atoms with Gasteiger partial charge < -0.3 is 5.11 Å². The number of hydrogen-bond acceptors (Lipinski definition) is 3. The summed E-state index contributed by atoms with van der Waals surface area (Å²) in [5, 5.41) is 8.77. The van der Waals surface area contributed by atoms with Crippen LogP contribution in [0, 0.1) is 5.82 Å². The predicted molar refractivity (Wildman–Crippen MR) is 70.6 cm³/mol. The molecule has 5 nitrogen and oxygen atoms in total. The largest absolute Gasteiger partial charge is 0.478 e. The number of benzene rings is 1. The highest BCUT2D eigenvalue weighted by Crippen LogP contribution is 2.34. The lowest BCUT2D eigenvalue weighted by atomic mass is 10.0. The lowest BCUT2D eigenvalue weighted by Gasteiger charge is -2.30. The number of halogens is 1. The van der Waals surface area contributed by atoms with Crippen LogP contribution in [0.1, 0.15) is 37.0 Å². The normalized spacial score (nSPS) is 19.1. The first kappa shape index (κ1) is 14.9. The van der Waals surface area contributed by atoms with Crippen molar-refractivity contribution >= 4 is 16.0 Å². The zero-order valence-corrected chi connectivity index (χ0v) is 12.1. The van der Waals surface area contributed by atoms with Gasteiger partial charge in [0.1, 0.15) is 10.7 Å². The second kappa shape index (κ2) is 4.82. The number of rotatable bonds is 3. The van der Waals surface area contributed by atoms with Crippen molar-refractivity contribution in [2.24, 2.45) is 0 Å². The van der Waals surface area contributed by atoms with E-state index >= 15 is 0 Å². The molecular weight excluding hydrogens is 285 g/mol. The molecule has 0 unspecified atom stereocenters. The molecule has 1 saturated heterocycles. The Kier molecular flexibility index (Phi) is 3.60. The number of carbonyl (C=O) groups is 1. The smallest absolute Gasteiger partial charge is 0.335 e. The average molecular weight is 301 g/mol. The van der Waals surface area contributed by atoms with Gasteiger partial charge in [-0.3, -0.25) is 0 Å². The van der Waals surface area contributed by atoms with Crippen LogP contribution in [0.4, 0.5) is 4.39 Å². The quantitative estimate of drug-likeness (QED) is 0.927. The Hall–Kier alpha value is -1.47. The molecule has 1 aliphatic rings. The molecule has 1 aromatic carbocycles. The van der Waals surface area contributed by atoms with Gasteiger partial charge in [-0.2, -0.15) is 4.31 Å². The zero-order valence-electron chi connectivity index (χ0n) is 11.3. The van der Waals surface area contributed by atoms with Crippen molar-refractivity contribution in [3.05, 3.63) is 29.6 Å². The van der Waals surface area contributed by atoms with Gasteiger partial charge in [0, 0.05) is 12.1 Å². The van der Waals surface area contributed by atoms with E-state index in [1.165, 1.54) is 4.31 Å². The summed E-state index contributed by atoms with van der Waals surface area (Å²) in [6.45, 7) is 3.93. The van der Waals surface area contributed by atoms with E-state index in [0.717, 1.165) is 24.6 Å². The van der Waals surface area contributed by atoms with Gasteiger partial charge >= 0.3 is 5.97 Å². The standard InChI is InChI=1S/C13H16FNO4S/c1-13(2)6-3-7-15(13)20(18,19)11-5-4-9(12(16)17)8-10(11)14/h4-5,8H,3,6-7H2,1-2H3,(H,16,17). The average Bonchev–Trinajstić information content (AvgIpc) is 2.69. The van der Waals surface area contributed by atoms with Gasteiger partial charge in [0.2, 0.25) is 10.0 Å². The summed E-state index contributed by atoms with van der Waals surface area (Å²) in [4.78, 5) is 10.3. The summed E-state index contributed by atoms with van der Waals surface area (Å²) in [5.41, 5.74) is -0.835. The van der Waals surface area contributed by atoms with Crippen molar-refractivity contribution in [2.45, 2.75) is 37.1 Å². The molecule has 0 spiro atoms. The Morgan fingerprint density at radius 3 is 2.50 bits per heavy atom. The van der Waals surface area contributed by atoms with Crippen LogP contribution in [0.5, 0.6) is 0 Å². The molecule has 0 aromatic heterocycles. The first-order valence-corrected chi connectivity index (χ1v) is 7.66. The number of aromatic carboxylic acids is 1. The maximum atomic E-state index is 13.9. The number of sulfonamides is 1. The molecule has 7 heteroatoms. The molecule has 0 amide bonds. The molecule has 0 aliphatic carbocycles. The van der Waals surface area contributed by atoms with Crippen LogP contribution < -0.4 is 0 Å². The first-order valence-electron chi connectivity index (χ1n) is 6.22. The topological polar surface area (TPSA) is 74.7 Å². The van der Waals surface area contributed by atoms with Crippen molar-refractivity contribution in [2.75, 3.05) is 6.54 Å². The lowest BCUT2D eigenvalue weighted by molar-refractivity contribution is 0.0696. The summed E-state index contributed by atoms with van der Waals surface area (Å²) >= 11 is 0. The van der Waals surface area contributed by atoms with E-state index in [9.17, 15) is 17.6 Å². The Balaban J connectivity index is 2.48. The summed E-state index contributed by atoms with van der Waals surface area (Å²) in [6.07, 6.45) is 1.43. The highest BCUT2D eigenvalue weighted by molar-refractivity contribution is 7.89. The van der Waals surface area contributed by atoms with Crippen LogP contribution in [0.25, 0.3) is 0 Å². The van der Waals surface area contributed by atoms with Crippen LogP contribution in [0.15, 0.2) is 23.1 Å². The Morgan fingerprint density at radius 2 is 2.05 bits per heavy atom. The fourth-order valence-corrected chi connectivity index (χ4v) is 4.38. The third-order valence-electron chi connectivity index (χ3n) is 3.57. The number of hydrogen-bond donors (Lipinski definition) is 1. The summed E-state index contributed by atoms with van der Waals surface area (Å²) < 4.78 is 40.2. The zero-order chi connectivity index (χ0) is 15.1. The number of carboxylic acids is 1. The minimum atomic E-state index is -3.95. The minimum Gasteiger partial charge on any atom is -0.478 e. The van der Waals surface area contributed by atoms with E-state index in [0.29, 0.717) is 13.0 Å². The Morgan fingerprint density at radius 1 is 1.40 bits per heavy atom. The summed E-state index contributed by atoms with van der Waals surface area (Å²) in [7, 11) is -3.95. The molecule has 1 aromatic rings. The highest BCUT2D eigenvalue weighted by atomic mass is 32.2. The van der Waals surface area contributed by atoms with Crippen molar-refractivity contribution in [3.8, 4) is 0 Å². The van der Waals surface area contributed by atoms with E-state index in [1.54, 1.807) is 13.8 Å². The second-order valence-electron chi connectivity index (χ2n) is 5.44. The van der Waals surface area contributed by atoms with E-state index in [4.69, 9.17) is 5.11 Å². The third kappa shape index (κ3) is 2.43. The van der Waals surface area contributed by atoms with Crippen LogP contribution in [0.3, 0.4) is 0 Å². The van der Waals surface area contributed by atoms with Gasteiger partial charge in [-0.15, -0.1) is 0 Å². The molecule has 110 valence electrons. The van der Waals surface area contributed by atoms with Crippen LogP contribution in [0.2, 0.25) is 0 Å². The summed E-state index contributed by atoms with van der Waals surface area (Å²) in [6, 6.07) is 2.85. The molecule has 1 aliphatic heterocycles. The van der Waals surface area contributed by atoms with Crippen molar-refractivity contribution < 1.29 is 22.7 Å². The molecule has 0 radical (unpaired) electrons. The predicted octanol–water partition coefficient (Wildman–Crippen LogP) is 2.09. The van der Waals surface area contributed by atoms with Crippen molar-refractivity contribution in [1.29, 1.82) is 0 Å². The molecule has 20 heavy (non-hydrogen) atoms. The minimum absolute atomic E-state index is 0.276. The summed E-state index contributed by atoms with van der Waals surface area (Å²) in [5.74, 6) is -2.33. The molecule has 0 bridgehead atoms. The third-order valence-corrected chi connectivity index (χ3v) is 5.72. The molecule has 1 fully saturated rings. The number of carboxylic acid groups (broad SMARTS) is 1. The SMILES string of the molecule is CC1(C)CCCN1S(=O)(=O)c1ccc(C(=O)O)cc1F. The first-order chi connectivity index (χ1) is 9.16. The molecule has 0 saturated carbocycles. The van der Waals surface area contributed by atoms with Gasteiger partial charge in [0.15, 0.2) is 0 Å². The molecule has 2 rings (SSSR count). The van der Waals surface area contributed by atoms with Crippen molar-refractivity contribution in [1.82, 2.24) is 4.31 Å². The van der Waals surface area contributed by atoms with E-state index in [2.05, 4.69) is 0 Å². The maximum Gasteiger partial charge on any atom is 0.335 e. The Bertz CT molecular complexity index is 654. The van der Waals surface area contributed by atoms with Crippen LogP contribution >= 0.6 is 0 Å². The molecule has 1 N–H and O–H groups in total. The van der Waals surface area contributed by atoms with E-state index in [-0.39, 0.29) is 5.56 Å². The van der Waals surface area contributed by atoms with E-state index in [1.807, 2.05) is 0 Å². The van der Waals surface area contributed by atoms with Gasteiger partial charge in [-0.05, 0) is 44.9 Å². The number of nitrogens with zero attached hydrogens (tertiary/aromatic N) is 1. The van der Waals surface area contributed by atoms with Crippen LogP contribution in [-0.2, 0) is 10.0 Å². The van der Waals surface area contributed by atoms with Gasteiger partial charge in [-0.25, -0.2) is 17.6 Å². The highest BCUT2D eigenvalue weighted by Gasteiger charge is 2.41.